The van der Waals surface area contributed by atoms with Gasteiger partial charge in [0, 0.05) is 25.9 Å². The van der Waals surface area contributed by atoms with E-state index >= 15 is 0 Å². The van der Waals surface area contributed by atoms with E-state index in [1.807, 2.05) is 0 Å². The molecule has 1 N–H and O–H groups in total. The van der Waals surface area contributed by atoms with E-state index in [-0.39, 0.29) is 16.3 Å². The number of nitrogens with zero attached hydrogens (tertiary/aromatic N) is 1. The molecular formula is C17H19FN2O4S2. The molecule has 1 aliphatic heterocycles. The fourth-order valence-electron chi connectivity index (χ4n) is 2.97. The summed E-state index contributed by atoms with van der Waals surface area (Å²) in [7, 11) is -7.48. The largest absolute Gasteiger partial charge is 0.313 e. The first kappa shape index (κ1) is 19.0. The minimum absolute atomic E-state index is 0.0592. The zero-order valence-corrected chi connectivity index (χ0v) is 15.7. The van der Waals surface area contributed by atoms with Gasteiger partial charge in [-0.25, -0.2) is 21.2 Å². The molecule has 0 amide bonds. The maximum atomic E-state index is 13.6. The van der Waals surface area contributed by atoms with E-state index in [1.165, 1.54) is 40.7 Å². The van der Waals surface area contributed by atoms with Gasteiger partial charge in [0.05, 0.1) is 15.8 Å². The lowest BCUT2D eigenvalue weighted by Crippen LogP contribution is -2.48. The Labute approximate surface area is 152 Å². The Morgan fingerprint density at radius 3 is 2.42 bits per heavy atom. The number of benzene rings is 2. The second kappa shape index (κ2) is 7.07. The van der Waals surface area contributed by atoms with Gasteiger partial charge in [0.1, 0.15) is 5.82 Å². The summed E-state index contributed by atoms with van der Waals surface area (Å²) in [4.78, 5) is -0.153. The minimum atomic E-state index is -3.95. The number of halogens is 1. The summed E-state index contributed by atoms with van der Waals surface area (Å²) in [6, 6.07) is 10.5. The van der Waals surface area contributed by atoms with Gasteiger partial charge in [-0.05, 0) is 35.9 Å². The van der Waals surface area contributed by atoms with Gasteiger partial charge in [-0.3, -0.25) is 0 Å². The molecular weight excluding hydrogens is 379 g/mol. The van der Waals surface area contributed by atoms with Crippen LogP contribution in [-0.4, -0.2) is 47.0 Å². The molecule has 6 nitrogen and oxygen atoms in total. The van der Waals surface area contributed by atoms with Crippen molar-refractivity contribution in [3.63, 3.8) is 0 Å². The molecule has 0 aliphatic carbocycles. The molecule has 1 fully saturated rings. The van der Waals surface area contributed by atoms with E-state index in [9.17, 15) is 21.2 Å². The van der Waals surface area contributed by atoms with Gasteiger partial charge >= 0.3 is 0 Å². The van der Waals surface area contributed by atoms with Gasteiger partial charge in [0.2, 0.25) is 10.0 Å². The molecule has 2 aromatic carbocycles. The number of rotatable bonds is 4. The van der Waals surface area contributed by atoms with Crippen LogP contribution < -0.4 is 5.32 Å². The molecule has 0 radical (unpaired) electrons. The number of sulfone groups is 1. The van der Waals surface area contributed by atoms with Crippen LogP contribution >= 0.6 is 0 Å². The van der Waals surface area contributed by atoms with Crippen molar-refractivity contribution in [1.82, 2.24) is 9.62 Å². The van der Waals surface area contributed by atoms with E-state index in [2.05, 4.69) is 5.32 Å². The number of hydrogen-bond acceptors (Lipinski definition) is 5. The molecule has 3 rings (SSSR count). The van der Waals surface area contributed by atoms with Crippen molar-refractivity contribution in [3.8, 4) is 0 Å². The molecule has 0 saturated carbocycles. The van der Waals surface area contributed by atoms with Crippen LogP contribution in [0.25, 0.3) is 0 Å². The molecule has 0 aromatic heterocycles. The van der Waals surface area contributed by atoms with Crippen molar-refractivity contribution in [2.24, 2.45) is 0 Å². The van der Waals surface area contributed by atoms with Crippen LogP contribution in [-0.2, 0) is 19.9 Å². The van der Waals surface area contributed by atoms with Crippen molar-refractivity contribution in [2.75, 3.05) is 25.9 Å². The van der Waals surface area contributed by atoms with Gasteiger partial charge in [-0.15, -0.1) is 0 Å². The van der Waals surface area contributed by atoms with E-state index < -0.39 is 31.7 Å². The first-order chi connectivity index (χ1) is 12.2. The Balaban J connectivity index is 2.04. The third-order valence-electron chi connectivity index (χ3n) is 4.27. The summed E-state index contributed by atoms with van der Waals surface area (Å²) < 4.78 is 64.7. The summed E-state index contributed by atoms with van der Waals surface area (Å²) in [5.74, 6) is -0.440. The van der Waals surface area contributed by atoms with Crippen LogP contribution in [0, 0.1) is 5.82 Å². The predicted molar refractivity (Wildman–Crippen MR) is 95.5 cm³/mol. The lowest BCUT2D eigenvalue weighted by Gasteiger charge is -2.35. The lowest BCUT2D eigenvalue weighted by molar-refractivity contribution is 0.271. The van der Waals surface area contributed by atoms with Gasteiger partial charge < -0.3 is 5.32 Å². The van der Waals surface area contributed by atoms with E-state index in [1.54, 1.807) is 6.07 Å². The van der Waals surface area contributed by atoms with Crippen molar-refractivity contribution >= 4 is 19.9 Å². The second-order valence-corrected chi connectivity index (χ2v) is 10.0. The number of sulfonamides is 1. The summed E-state index contributed by atoms with van der Waals surface area (Å²) >= 11 is 0. The zero-order chi connectivity index (χ0) is 18.9. The molecule has 26 heavy (non-hydrogen) atoms. The maximum absolute atomic E-state index is 13.6. The summed E-state index contributed by atoms with van der Waals surface area (Å²) in [6.07, 6.45) is 1.03. The van der Waals surface area contributed by atoms with Crippen LogP contribution in [0.5, 0.6) is 0 Å². The minimum Gasteiger partial charge on any atom is -0.313 e. The number of piperazine rings is 1. The van der Waals surface area contributed by atoms with Crippen molar-refractivity contribution < 1.29 is 21.2 Å². The molecule has 2 aromatic rings. The van der Waals surface area contributed by atoms with E-state index in [4.69, 9.17) is 0 Å². The molecule has 140 valence electrons. The smallest absolute Gasteiger partial charge is 0.243 e. The Morgan fingerprint density at radius 2 is 1.73 bits per heavy atom. The highest BCUT2D eigenvalue weighted by Gasteiger charge is 2.34. The molecule has 0 bridgehead atoms. The highest BCUT2D eigenvalue weighted by molar-refractivity contribution is 7.91. The third kappa shape index (κ3) is 3.80. The average molecular weight is 398 g/mol. The second-order valence-electron chi connectivity index (χ2n) is 6.14. The van der Waals surface area contributed by atoms with Crippen molar-refractivity contribution in [1.29, 1.82) is 0 Å². The van der Waals surface area contributed by atoms with E-state index in [0.717, 1.165) is 12.3 Å². The Kier molecular flexibility index (Phi) is 5.16. The Hall–Kier alpha value is -1.81. The fourth-order valence-corrected chi connectivity index (χ4v) is 5.37. The molecule has 1 atom stereocenters. The standard InChI is InChI=1S/C17H19FN2O4S2/c1-25(21,22)15-6-3-7-16(11-15)26(23,24)20-9-8-19-12-17(20)13-4-2-5-14(18)10-13/h2-7,10-11,17,19H,8-9,12H2,1H3. The SMILES string of the molecule is CS(=O)(=O)c1cccc(S(=O)(=O)N2CCNCC2c2cccc(F)c2)c1. The maximum Gasteiger partial charge on any atom is 0.243 e. The topological polar surface area (TPSA) is 83.5 Å². The first-order valence-corrected chi connectivity index (χ1v) is 11.3. The van der Waals surface area contributed by atoms with Crippen molar-refractivity contribution in [2.45, 2.75) is 15.8 Å². The lowest BCUT2D eigenvalue weighted by atomic mass is 10.1. The normalized spacial score (nSPS) is 19.4. The quantitative estimate of drug-likeness (QED) is 0.845. The average Bonchev–Trinajstić information content (AvgIpc) is 2.61. The van der Waals surface area contributed by atoms with E-state index in [0.29, 0.717) is 18.7 Å². The molecule has 1 aliphatic rings. The first-order valence-electron chi connectivity index (χ1n) is 7.98. The van der Waals surface area contributed by atoms with Gasteiger partial charge in [-0.2, -0.15) is 4.31 Å². The van der Waals surface area contributed by atoms with Crippen molar-refractivity contribution in [3.05, 3.63) is 59.9 Å². The number of nitrogens with one attached hydrogen (secondary N) is 1. The molecule has 1 unspecified atom stereocenters. The monoisotopic (exact) mass is 398 g/mol. The van der Waals surface area contributed by atoms with Gasteiger partial charge in [0.25, 0.3) is 0 Å². The van der Waals surface area contributed by atoms with Crippen LogP contribution in [0.1, 0.15) is 11.6 Å². The number of hydrogen-bond donors (Lipinski definition) is 1. The highest BCUT2D eigenvalue weighted by atomic mass is 32.2. The van der Waals surface area contributed by atoms with Gasteiger partial charge in [0.15, 0.2) is 9.84 Å². The molecule has 9 heteroatoms. The van der Waals surface area contributed by atoms with Gasteiger partial charge in [-0.1, -0.05) is 18.2 Å². The predicted octanol–water partition coefficient (Wildman–Crippen LogP) is 1.56. The summed E-state index contributed by atoms with van der Waals surface area (Å²) in [5, 5.41) is 3.12. The highest BCUT2D eigenvalue weighted by Crippen LogP contribution is 2.30. The Bertz CT molecular complexity index is 1020. The Morgan fingerprint density at radius 1 is 1.04 bits per heavy atom. The summed E-state index contributed by atoms with van der Waals surface area (Å²) in [5.41, 5.74) is 0.542. The third-order valence-corrected chi connectivity index (χ3v) is 7.28. The summed E-state index contributed by atoms with van der Waals surface area (Å²) in [6.45, 7) is 0.998. The molecule has 1 heterocycles. The van der Waals surface area contributed by atoms with Crippen LogP contribution in [0.3, 0.4) is 0 Å². The van der Waals surface area contributed by atoms with Crippen LogP contribution in [0.15, 0.2) is 58.3 Å². The molecule has 0 spiro atoms. The zero-order valence-electron chi connectivity index (χ0n) is 14.1. The fraction of sp³-hybridized carbons (Fsp3) is 0.294. The molecule has 1 saturated heterocycles. The van der Waals surface area contributed by atoms with Crippen LogP contribution in [0.2, 0.25) is 0 Å². The van der Waals surface area contributed by atoms with Crippen LogP contribution in [0.4, 0.5) is 4.39 Å².